The molecule has 3 heterocycles. The number of amides is 3. The Kier molecular flexibility index (Phi) is 9.03. The number of fused-ring (bicyclic) bond motifs is 2. The van der Waals surface area contributed by atoms with Crippen LogP contribution in [-0.2, 0) is 22.1 Å². The van der Waals surface area contributed by atoms with Gasteiger partial charge in [0.15, 0.2) is 5.01 Å². The molecule has 0 bridgehead atoms. The van der Waals surface area contributed by atoms with Crippen molar-refractivity contribution in [2.75, 3.05) is 26.7 Å². The van der Waals surface area contributed by atoms with Gasteiger partial charge in [-0.25, -0.2) is 9.78 Å². The van der Waals surface area contributed by atoms with E-state index < -0.39 is 6.09 Å². The number of alkyl carbamates (subject to hydrolysis) is 1. The largest absolute Gasteiger partial charge is 0.453 e. The van der Waals surface area contributed by atoms with E-state index >= 15 is 0 Å². The van der Waals surface area contributed by atoms with Crippen molar-refractivity contribution in [1.29, 1.82) is 0 Å². The van der Waals surface area contributed by atoms with Gasteiger partial charge in [-0.1, -0.05) is 41.5 Å². The van der Waals surface area contributed by atoms with E-state index in [1.807, 2.05) is 12.1 Å². The number of ether oxygens (including phenoxy) is 1. The molecule has 0 saturated heterocycles. The third kappa shape index (κ3) is 6.72. The maximum absolute atomic E-state index is 13.2. The predicted octanol–water partition coefficient (Wildman–Crippen LogP) is 3.74. The molecule has 1 saturated carbocycles. The summed E-state index contributed by atoms with van der Waals surface area (Å²) < 4.78 is 5.53. The van der Waals surface area contributed by atoms with Gasteiger partial charge in [0.25, 0.3) is 11.8 Å². The first-order valence-corrected chi connectivity index (χ1v) is 15.6. The van der Waals surface area contributed by atoms with Crippen molar-refractivity contribution in [3.8, 4) is 0 Å². The molecule has 1 aromatic carbocycles. The SMILES string of the molecule is COC(=O)NCCN1CCc2nc(C(=O)N[C@@H]3CCCC[C@@H]3NC(=O)c3cc4cc(CI)ccc4[nH]3)sc2C1. The molecule has 4 N–H and O–H groups in total. The first kappa shape index (κ1) is 27.8. The van der Waals surface area contributed by atoms with Crippen molar-refractivity contribution >= 4 is 62.7 Å². The quantitative estimate of drug-likeness (QED) is 0.215. The lowest BCUT2D eigenvalue weighted by Gasteiger charge is -2.32. The third-order valence-corrected chi connectivity index (χ3v) is 9.33. The second kappa shape index (κ2) is 12.6. The molecule has 208 valence electrons. The molecule has 2 aliphatic rings. The molecule has 0 radical (unpaired) electrons. The number of aromatic amines is 1. The fraction of sp³-hybridized carbons (Fsp3) is 0.481. The first-order chi connectivity index (χ1) is 18.9. The first-order valence-electron chi connectivity index (χ1n) is 13.3. The summed E-state index contributed by atoms with van der Waals surface area (Å²) in [6.07, 6.45) is 3.98. The van der Waals surface area contributed by atoms with Crippen LogP contribution in [0.1, 0.15) is 62.1 Å². The van der Waals surface area contributed by atoms with Crippen LogP contribution in [0.5, 0.6) is 0 Å². The Morgan fingerprint density at radius 2 is 1.92 bits per heavy atom. The van der Waals surface area contributed by atoms with Gasteiger partial charge in [-0.05, 0) is 36.6 Å². The lowest BCUT2D eigenvalue weighted by atomic mass is 9.90. The van der Waals surface area contributed by atoms with Gasteiger partial charge in [0, 0.05) is 64.9 Å². The molecule has 1 aliphatic carbocycles. The van der Waals surface area contributed by atoms with E-state index in [4.69, 9.17) is 0 Å². The summed E-state index contributed by atoms with van der Waals surface area (Å²) in [5.74, 6) is -0.337. The number of carbonyl (C=O) groups is 3. The Hall–Kier alpha value is -2.71. The van der Waals surface area contributed by atoms with Gasteiger partial charge in [0.2, 0.25) is 0 Å². The number of hydrogen-bond donors (Lipinski definition) is 4. The van der Waals surface area contributed by atoms with Crippen molar-refractivity contribution in [3.63, 3.8) is 0 Å². The second-order valence-electron chi connectivity index (χ2n) is 10.0. The Balaban J connectivity index is 1.19. The smallest absolute Gasteiger partial charge is 0.406 e. The zero-order chi connectivity index (χ0) is 27.4. The molecule has 2 atom stereocenters. The Morgan fingerprint density at radius 1 is 1.15 bits per heavy atom. The summed E-state index contributed by atoms with van der Waals surface area (Å²) in [6.45, 7) is 2.73. The highest BCUT2D eigenvalue weighted by Crippen LogP contribution is 2.26. The minimum absolute atomic E-state index is 0.140. The molecular weight excluding hydrogens is 631 g/mol. The Labute approximate surface area is 244 Å². The molecule has 2 aromatic heterocycles. The van der Waals surface area contributed by atoms with Gasteiger partial charge >= 0.3 is 6.09 Å². The minimum atomic E-state index is -0.437. The van der Waals surface area contributed by atoms with Gasteiger partial charge in [0.1, 0.15) is 5.69 Å². The number of aromatic nitrogens is 2. The molecule has 5 rings (SSSR count). The van der Waals surface area contributed by atoms with E-state index in [1.165, 1.54) is 24.0 Å². The lowest BCUT2D eigenvalue weighted by molar-refractivity contribution is 0.0860. The van der Waals surface area contributed by atoms with E-state index in [0.717, 1.165) is 64.6 Å². The summed E-state index contributed by atoms with van der Waals surface area (Å²) in [7, 11) is 1.35. The Morgan fingerprint density at radius 3 is 2.67 bits per heavy atom. The van der Waals surface area contributed by atoms with Crippen LogP contribution in [0.2, 0.25) is 0 Å². The molecule has 1 fully saturated rings. The van der Waals surface area contributed by atoms with E-state index in [9.17, 15) is 14.4 Å². The van der Waals surface area contributed by atoms with Crippen molar-refractivity contribution < 1.29 is 19.1 Å². The molecule has 0 spiro atoms. The molecule has 3 amide bonds. The molecule has 10 nitrogen and oxygen atoms in total. The number of methoxy groups -OCH3 is 1. The highest BCUT2D eigenvalue weighted by molar-refractivity contribution is 14.1. The number of nitrogens with one attached hydrogen (secondary N) is 4. The van der Waals surface area contributed by atoms with Gasteiger partial charge in [-0.15, -0.1) is 11.3 Å². The number of carbonyl (C=O) groups excluding carboxylic acids is 3. The number of rotatable bonds is 8. The summed E-state index contributed by atoms with van der Waals surface area (Å²) in [5, 5.41) is 10.5. The summed E-state index contributed by atoms with van der Waals surface area (Å²) in [4.78, 5) is 48.8. The van der Waals surface area contributed by atoms with Gasteiger partial charge in [0.05, 0.1) is 12.8 Å². The van der Waals surface area contributed by atoms with E-state index in [0.29, 0.717) is 30.3 Å². The van der Waals surface area contributed by atoms with Crippen molar-refractivity contribution in [2.24, 2.45) is 0 Å². The predicted molar refractivity (Wildman–Crippen MR) is 159 cm³/mol. The maximum Gasteiger partial charge on any atom is 0.406 e. The molecule has 0 unspecified atom stereocenters. The monoisotopic (exact) mass is 664 g/mol. The molecular formula is C27H33IN6O4S. The number of H-pyrrole nitrogens is 1. The van der Waals surface area contributed by atoms with Crippen molar-refractivity contribution in [3.05, 3.63) is 51.1 Å². The second-order valence-corrected chi connectivity index (χ2v) is 11.9. The van der Waals surface area contributed by atoms with E-state index in [2.05, 4.69) is 70.3 Å². The average molecular weight is 665 g/mol. The highest BCUT2D eigenvalue weighted by atomic mass is 127. The van der Waals surface area contributed by atoms with Crippen LogP contribution in [0.3, 0.4) is 0 Å². The van der Waals surface area contributed by atoms with Gasteiger partial charge in [-0.3, -0.25) is 14.5 Å². The fourth-order valence-electron chi connectivity index (χ4n) is 5.26. The number of hydrogen-bond acceptors (Lipinski definition) is 7. The minimum Gasteiger partial charge on any atom is -0.453 e. The van der Waals surface area contributed by atoms with Gasteiger partial charge < -0.3 is 25.7 Å². The van der Waals surface area contributed by atoms with Crippen LogP contribution in [0.4, 0.5) is 4.79 Å². The summed E-state index contributed by atoms with van der Waals surface area (Å²) in [6, 6.07) is 7.79. The van der Waals surface area contributed by atoms with Crippen LogP contribution in [0.25, 0.3) is 10.9 Å². The van der Waals surface area contributed by atoms with Crippen molar-refractivity contribution in [2.45, 2.75) is 55.2 Å². The topological polar surface area (TPSA) is 128 Å². The molecule has 1 aliphatic heterocycles. The molecule has 12 heteroatoms. The number of thiazole rings is 1. The summed E-state index contributed by atoms with van der Waals surface area (Å²) >= 11 is 3.76. The third-order valence-electron chi connectivity index (χ3n) is 7.37. The number of benzene rings is 1. The van der Waals surface area contributed by atoms with Crippen LogP contribution in [0, 0.1) is 0 Å². The van der Waals surface area contributed by atoms with Crippen LogP contribution >= 0.6 is 33.9 Å². The van der Waals surface area contributed by atoms with Crippen LogP contribution in [-0.4, -0.2) is 71.6 Å². The normalized spacial score (nSPS) is 19.3. The van der Waals surface area contributed by atoms with E-state index in [-0.39, 0.29) is 23.9 Å². The maximum atomic E-state index is 13.2. The van der Waals surface area contributed by atoms with Crippen molar-refractivity contribution in [1.82, 2.24) is 30.8 Å². The molecule has 3 aromatic rings. The Bertz CT molecular complexity index is 1360. The number of nitrogens with zero attached hydrogens (tertiary/aromatic N) is 2. The standard InChI is InChI=1S/C27H33IN6O4S/c1-38-27(37)29-9-11-34-10-8-21-23(15-34)39-26(33-21)25(36)32-20-5-3-2-4-19(20)31-24(35)22-13-17-12-16(14-28)6-7-18(17)30-22/h6-7,12-13,19-20,30H,2-5,8-11,14-15H2,1H3,(H,29,37)(H,31,35)(H,32,36)/t19-,20+/m0/s1. The fourth-order valence-corrected chi connectivity index (χ4v) is 6.79. The van der Waals surface area contributed by atoms with E-state index in [1.54, 1.807) is 0 Å². The zero-order valence-electron chi connectivity index (χ0n) is 21.8. The summed E-state index contributed by atoms with van der Waals surface area (Å²) in [5.41, 5.74) is 3.66. The number of alkyl halides is 1. The number of halogens is 1. The zero-order valence-corrected chi connectivity index (χ0v) is 24.8. The lowest BCUT2D eigenvalue weighted by Crippen LogP contribution is -2.53. The average Bonchev–Trinajstić information content (AvgIpc) is 3.57. The highest BCUT2D eigenvalue weighted by Gasteiger charge is 2.30. The molecule has 39 heavy (non-hydrogen) atoms. The van der Waals surface area contributed by atoms with Crippen LogP contribution in [0.15, 0.2) is 24.3 Å². The van der Waals surface area contributed by atoms with Crippen LogP contribution < -0.4 is 16.0 Å². The van der Waals surface area contributed by atoms with Gasteiger partial charge in [-0.2, -0.15) is 0 Å².